The Hall–Kier alpha value is -0.0400. The molecule has 1 heteroatoms. The van der Waals surface area contributed by atoms with Gasteiger partial charge in [0.15, 0.2) is 0 Å². The van der Waals surface area contributed by atoms with Crippen LogP contribution in [0.5, 0.6) is 0 Å². The van der Waals surface area contributed by atoms with Gasteiger partial charge in [0, 0.05) is 0 Å². The van der Waals surface area contributed by atoms with Crippen molar-refractivity contribution in [3.05, 3.63) is 0 Å². The van der Waals surface area contributed by atoms with Crippen molar-refractivity contribution < 1.29 is 5.11 Å². The lowest BCUT2D eigenvalue weighted by molar-refractivity contribution is -0.482. The van der Waals surface area contributed by atoms with Crippen molar-refractivity contribution in [2.45, 2.75) is 59.0 Å². The molecule has 0 aromatic rings. The molecule has 0 spiro atoms. The molecule has 1 rings (SSSR count). The summed E-state index contributed by atoms with van der Waals surface area (Å²) in [5.41, 5.74) is -0.706. The molecule has 78 valence electrons. The maximum absolute atomic E-state index is 11.7. The van der Waals surface area contributed by atoms with E-state index in [9.17, 15) is 5.11 Å². The maximum atomic E-state index is 11.7. The number of rotatable bonds is 2. The van der Waals surface area contributed by atoms with Crippen LogP contribution in [-0.2, 0) is 0 Å². The normalized spacial score (nSPS) is 30.9. The predicted molar refractivity (Wildman–Crippen MR) is 54.4 cm³/mol. The minimum absolute atomic E-state index is 0.419. The van der Waals surface area contributed by atoms with E-state index in [1.165, 1.54) is 12.8 Å². The van der Waals surface area contributed by atoms with Gasteiger partial charge in [-0.3, -0.25) is 0 Å². The van der Waals surface area contributed by atoms with Crippen LogP contribution >= 0.6 is 0 Å². The molecule has 1 aliphatic rings. The Morgan fingerprint density at radius 3 is 1.85 bits per heavy atom. The van der Waals surface area contributed by atoms with Gasteiger partial charge in [0.1, 0.15) is 0 Å². The fourth-order valence-corrected chi connectivity index (χ4v) is 2.48. The van der Waals surface area contributed by atoms with Crippen LogP contribution in [0.4, 0.5) is 0 Å². The van der Waals surface area contributed by atoms with Crippen molar-refractivity contribution in [1.82, 2.24) is 0 Å². The Labute approximate surface area is 82.5 Å². The van der Waals surface area contributed by atoms with Crippen molar-refractivity contribution in [3.8, 4) is 0 Å². The number of hydrogen-bond acceptors (Lipinski definition) is 1. The third-order valence-corrected chi connectivity index (χ3v) is 3.70. The molecule has 0 N–H and O–H groups in total. The molecule has 0 atom stereocenters. The van der Waals surface area contributed by atoms with Gasteiger partial charge in [0.25, 0.3) is 0 Å². The largest absolute Gasteiger partial charge is 0.850 e. The van der Waals surface area contributed by atoms with Gasteiger partial charge in [0.05, 0.1) is 0 Å². The molecular weight excluding hydrogens is 160 g/mol. The van der Waals surface area contributed by atoms with Crippen LogP contribution in [0.1, 0.15) is 53.4 Å². The van der Waals surface area contributed by atoms with Crippen molar-refractivity contribution in [2.75, 3.05) is 0 Å². The minimum Gasteiger partial charge on any atom is -0.850 e. The predicted octanol–water partition coefficient (Wildman–Crippen LogP) is 2.59. The topological polar surface area (TPSA) is 23.1 Å². The third kappa shape index (κ3) is 2.98. The standard InChI is InChI=1S/C12H23O/c1-9(2)10-5-7-11(8-6-10)12(3,4)13/h9-11H,5-8H2,1-4H3/q-1. The zero-order valence-corrected chi connectivity index (χ0v) is 9.47. The van der Waals surface area contributed by atoms with E-state index in [0.29, 0.717) is 5.92 Å². The molecule has 0 radical (unpaired) electrons. The third-order valence-electron chi connectivity index (χ3n) is 3.70. The molecule has 0 aliphatic heterocycles. The van der Waals surface area contributed by atoms with Crippen LogP contribution in [0.3, 0.4) is 0 Å². The fraction of sp³-hybridized carbons (Fsp3) is 1.00. The summed E-state index contributed by atoms with van der Waals surface area (Å²) in [6, 6.07) is 0. The van der Waals surface area contributed by atoms with E-state index in [-0.39, 0.29) is 0 Å². The van der Waals surface area contributed by atoms with Crippen molar-refractivity contribution in [1.29, 1.82) is 0 Å². The molecule has 1 saturated carbocycles. The van der Waals surface area contributed by atoms with Crippen LogP contribution < -0.4 is 5.11 Å². The molecule has 0 aromatic heterocycles. The highest BCUT2D eigenvalue weighted by Crippen LogP contribution is 2.36. The van der Waals surface area contributed by atoms with Crippen molar-refractivity contribution in [3.63, 3.8) is 0 Å². The van der Waals surface area contributed by atoms with Gasteiger partial charge in [-0.1, -0.05) is 46.5 Å². The highest BCUT2D eigenvalue weighted by Gasteiger charge is 2.26. The molecule has 13 heavy (non-hydrogen) atoms. The molecule has 1 aliphatic carbocycles. The lowest BCUT2D eigenvalue weighted by Crippen LogP contribution is -2.46. The van der Waals surface area contributed by atoms with E-state index in [2.05, 4.69) is 13.8 Å². The second kappa shape index (κ2) is 4.00. The molecular formula is C12H23O-. The summed E-state index contributed by atoms with van der Waals surface area (Å²) in [5.74, 6) is 2.09. The van der Waals surface area contributed by atoms with Gasteiger partial charge in [-0.15, -0.1) is 5.60 Å². The Morgan fingerprint density at radius 2 is 1.54 bits per heavy atom. The van der Waals surface area contributed by atoms with Crippen LogP contribution in [0.2, 0.25) is 0 Å². The summed E-state index contributed by atoms with van der Waals surface area (Å²) < 4.78 is 0. The highest BCUT2D eigenvalue weighted by atomic mass is 16.3. The molecule has 0 unspecified atom stereocenters. The van der Waals surface area contributed by atoms with Gasteiger partial charge in [0.2, 0.25) is 0 Å². The Kier molecular flexibility index (Phi) is 3.39. The van der Waals surface area contributed by atoms with E-state index >= 15 is 0 Å². The molecule has 0 bridgehead atoms. The average Bonchev–Trinajstić information content (AvgIpc) is 2.03. The summed E-state index contributed by atoms with van der Waals surface area (Å²) in [6.07, 6.45) is 4.85. The van der Waals surface area contributed by atoms with Crippen LogP contribution in [0.25, 0.3) is 0 Å². The zero-order chi connectivity index (χ0) is 10.1. The van der Waals surface area contributed by atoms with Gasteiger partial charge in [-0.2, -0.15) is 0 Å². The van der Waals surface area contributed by atoms with Crippen LogP contribution in [-0.4, -0.2) is 5.60 Å². The monoisotopic (exact) mass is 183 g/mol. The molecule has 0 heterocycles. The highest BCUT2D eigenvalue weighted by molar-refractivity contribution is 4.82. The molecule has 0 saturated heterocycles. The first kappa shape index (κ1) is 11.0. The van der Waals surface area contributed by atoms with E-state index in [1.54, 1.807) is 0 Å². The minimum atomic E-state index is -0.706. The van der Waals surface area contributed by atoms with Gasteiger partial charge >= 0.3 is 0 Å². The average molecular weight is 183 g/mol. The molecule has 1 fully saturated rings. The lowest BCUT2D eigenvalue weighted by atomic mass is 9.72. The summed E-state index contributed by atoms with van der Waals surface area (Å²) in [7, 11) is 0. The van der Waals surface area contributed by atoms with Gasteiger partial charge < -0.3 is 5.11 Å². The van der Waals surface area contributed by atoms with E-state index in [0.717, 1.165) is 24.7 Å². The Balaban J connectivity index is 2.39. The first-order valence-corrected chi connectivity index (χ1v) is 5.61. The Morgan fingerprint density at radius 1 is 1.08 bits per heavy atom. The molecule has 1 nitrogen and oxygen atoms in total. The quantitative estimate of drug-likeness (QED) is 0.645. The van der Waals surface area contributed by atoms with Crippen LogP contribution in [0.15, 0.2) is 0 Å². The van der Waals surface area contributed by atoms with Crippen molar-refractivity contribution in [2.24, 2.45) is 17.8 Å². The second-order valence-corrected chi connectivity index (χ2v) is 5.46. The second-order valence-electron chi connectivity index (χ2n) is 5.46. The van der Waals surface area contributed by atoms with Crippen molar-refractivity contribution >= 4 is 0 Å². The molecule has 0 amide bonds. The first-order valence-electron chi connectivity index (χ1n) is 5.61. The fourth-order valence-electron chi connectivity index (χ4n) is 2.48. The smallest absolute Gasteiger partial charge is 0.0391 e. The van der Waals surface area contributed by atoms with E-state index in [4.69, 9.17) is 0 Å². The SMILES string of the molecule is CC(C)C1CCC(C(C)(C)[O-])CC1. The number of hydrogen-bond donors (Lipinski definition) is 0. The zero-order valence-electron chi connectivity index (χ0n) is 9.47. The Bertz CT molecular complexity index is 147. The maximum Gasteiger partial charge on any atom is -0.0391 e. The van der Waals surface area contributed by atoms with Gasteiger partial charge in [-0.05, 0) is 24.7 Å². The summed E-state index contributed by atoms with van der Waals surface area (Å²) in [6.45, 7) is 8.28. The van der Waals surface area contributed by atoms with Crippen LogP contribution in [0, 0.1) is 17.8 Å². The lowest BCUT2D eigenvalue weighted by Gasteiger charge is -2.45. The first-order chi connectivity index (χ1) is 5.91. The summed E-state index contributed by atoms with van der Waals surface area (Å²) in [4.78, 5) is 0. The van der Waals surface area contributed by atoms with Gasteiger partial charge in [-0.25, -0.2) is 0 Å². The summed E-state index contributed by atoms with van der Waals surface area (Å²) in [5, 5.41) is 11.7. The van der Waals surface area contributed by atoms with E-state index in [1.807, 2.05) is 13.8 Å². The molecule has 0 aromatic carbocycles. The van der Waals surface area contributed by atoms with E-state index < -0.39 is 5.60 Å². The summed E-state index contributed by atoms with van der Waals surface area (Å²) >= 11 is 0.